The molecule has 0 saturated carbocycles. The third-order valence-electron chi connectivity index (χ3n) is 5.50. The van der Waals surface area contributed by atoms with Gasteiger partial charge in [0.2, 0.25) is 21.8 Å². The fourth-order valence-corrected chi connectivity index (χ4v) is 5.64. The molecule has 0 radical (unpaired) electrons. The van der Waals surface area contributed by atoms with Crippen LogP contribution in [0.1, 0.15) is 33.1 Å². The molecule has 0 unspecified atom stereocenters. The molecule has 0 bridgehead atoms. The van der Waals surface area contributed by atoms with Crippen molar-refractivity contribution in [3.8, 4) is 0 Å². The molecular formula is C19H27ClN4O4S. The van der Waals surface area contributed by atoms with Gasteiger partial charge in [-0.15, -0.1) is 0 Å². The molecule has 29 heavy (non-hydrogen) atoms. The van der Waals surface area contributed by atoms with Crippen LogP contribution in [0.2, 0.25) is 5.02 Å². The van der Waals surface area contributed by atoms with Crippen molar-refractivity contribution in [2.24, 2.45) is 0 Å². The molecule has 2 fully saturated rings. The van der Waals surface area contributed by atoms with Crippen LogP contribution in [0.4, 0.5) is 5.69 Å². The van der Waals surface area contributed by atoms with E-state index >= 15 is 0 Å². The Morgan fingerprint density at radius 2 is 1.90 bits per heavy atom. The molecular weight excluding hydrogens is 416 g/mol. The second-order valence-corrected chi connectivity index (χ2v) is 10.2. The van der Waals surface area contributed by atoms with E-state index in [4.69, 9.17) is 11.6 Å². The number of halogens is 1. The number of rotatable bonds is 5. The van der Waals surface area contributed by atoms with Gasteiger partial charge in [-0.2, -0.15) is 4.31 Å². The van der Waals surface area contributed by atoms with Crippen molar-refractivity contribution in [2.45, 2.75) is 43.5 Å². The smallest absolute Gasteiger partial charge is 0.244 e. The molecule has 0 spiro atoms. The molecule has 2 saturated heterocycles. The summed E-state index contributed by atoms with van der Waals surface area (Å²) >= 11 is 6.17. The highest BCUT2D eigenvalue weighted by atomic mass is 35.5. The molecule has 2 aliphatic rings. The zero-order valence-corrected chi connectivity index (χ0v) is 18.3. The van der Waals surface area contributed by atoms with Crippen molar-refractivity contribution in [3.63, 3.8) is 0 Å². The van der Waals surface area contributed by atoms with Gasteiger partial charge in [0.05, 0.1) is 17.1 Å². The number of piperazine rings is 1. The van der Waals surface area contributed by atoms with Crippen LogP contribution in [-0.4, -0.2) is 67.7 Å². The van der Waals surface area contributed by atoms with Crippen LogP contribution in [-0.2, 0) is 19.6 Å². The van der Waals surface area contributed by atoms with Gasteiger partial charge < -0.3 is 10.6 Å². The van der Waals surface area contributed by atoms with Crippen LogP contribution in [0.5, 0.6) is 0 Å². The van der Waals surface area contributed by atoms with E-state index in [9.17, 15) is 18.0 Å². The quantitative estimate of drug-likeness (QED) is 0.722. The number of hydrogen-bond donors (Lipinski definition) is 2. The van der Waals surface area contributed by atoms with E-state index in [0.717, 1.165) is 19.3 Å². The number of carbonyl (C=O) groups excluding carboxylic acids is 2. The molecule has 2 aliphatic heterocycles. The fraction of sp³-hybridized carbons (Fsp3) is 0.579. The molecule has 160 valence electrons. The molecule has 10 heteroatoms. The van der Waals surface area contributed by atoms with Gasteiger partial charge in [-0.3, -0.25) is 14.5 Å². The summed E-state index contributed by atoms with van der Waals surface area (Å²) in [6.45, 7) is 5.54. The third kappa shape index (κ3) is 4.74. The first-order chi connectivity index (χ1) is 13.6. The standard InChI is InChI=1S/C19H27ClN4O4S/c1-19(2)18(26)21-8-11-23(19)13-17(25)22-14-6-7-15(20)16(12-14)29(27,28)24-9-4-3-5-10-24/h6-7,12H,3-5,8-11,13H2,1-2H3,(H,21,26)(H,22,25). The van der Waals surface area contributed by atoms with Gasteiger partial charge in [0.15, 0.2) is 0 Å². The van der Waals surface area contributed by atoms with Gasteiger partial charge >= 0.3 is 0 Å². The van der Waals surface area contributed by atoms with E-state index < -0.39 is 15.6 Å². The van der Waals surface area contributed by atoms with Crippen LogP contribution in [0.3, 0.4) is 0 Å². The lowest BCUT2D eigenvalue weighted by atomic mass is 9.99. The Bertz CT molecular complexity index is 897. The Morgan fingerprint density at radius 3 is 2.59 bits per heavy atom. The molecule has 3 rings (SSSR count). The van der Waals surface area contributed by atoms with E-state index in [1.54, 1.807) is 24.8 Å². The molecule has 2 heterocycles. The predicted molar refractivity (Wildman–Crippen MR) is 111 cm³/mol. The molecule has 1 aromatic rings. The van der Waals surface area contributed by atoms with Crippen molar-refractivity contribution in [1.82, 2.24) is 14.5 Å². The van der Waals surface area contributed by atoms with Crippen molar-refractivity contribution in [3.05, 3.63) is 23.2 Å². The van der Waals surface area contributed by atoms with Gasteiger partial charge in [0, 0.05) is 31.9 Å². The maximum atomic E-state index is 13.0. The minimum Gasteiger partial charge on any atom is -0.353 e. The number of benzene rings is 1. The first-order valence-electron chi connectivity index (χ1n) is 9.75. The highest BCUT2D eigenvalue weighted by Crippen LogP contribution is 2.29. The Hall–Kier alpha value is -1.68. The minimum atomic E-state index is -3.72. The zero-order chi connectivity index (χ0) is 21.2. The number of nitrogens with one attached hydrogen (secondary N) is 2. The average Bonchev–Trinajstić information content (AvgIpc) is 2.68. The molecule has 0 aliphatic carbocycles. The maximum absolute atomic E-state index is 13.0. The lowest BCUT2D eigenvalue weighted by Gasteiger charge is -2.40. The van der Waals surface area contributed by atoms with E-state index in [1.807, 2.05) is 0 Å². The van der Waals surface area contributed by atoms with Gasteiger partial charge in [-0.25, -0.2) is 8.42 Å². The van der Waals surface area contributed by atoms with E-state index in [1.165, 1.54) is 16.4 Å². The Morgan fingerprint density at radius 1 is 1.21 bits per heavy atom. The Kier molecular flexibility index (Phi) is 6.52. The Balaban J connectivity index is 1.74. The summed E-state index contributed by atoms with van der Waals surface area (Å²) in [4.78, 5) is 26.4. The molecule has 2 N–H and O–H groups in total. The summed E-state index contributed by atoms with van der Waals surface area (Å²) in [5.74, 6) is -0.450. The van der Waals surface area contributed by atoms with Crippen LogP contribution < -0.4 is 10.6 Å². The second kappa shape index (κ2) is 8.59. The largest absolute Gasteiger partial charge is 0.353 e. The number of sulfonamides is 1. The number of nitrogens with zero attached hydrogens (tertiary/aromatic N) is 2. The topological polar surface area (TPSA) is 98.8 Å². The summed E-state index contributed by atoms with van der Waals surface area (Å²) in [6.07, 6.45) is 2.67. The van der Waals surface area contributed by atoms with E-state index in [2.05, 4.69) is 10.6 Å². The van der Waals surface area contributed by atoms with Gasteiger partial charge in [-0.1, -0.05) is 18.0 Å². The van der Waals surface area contributed by atoms with Crippen LogP contribution in [0.25, 0.3) is 0 Å². The summed E-state index contributed by atoms with van der Waals surface area (Å²) in [7, 11) is -3.72. The van der Waals surface area contributed by atoms with Crippen molar-refractivity contribution in [1.29, 1.82) is 0 Å². The first kappa shape index (κ1) is 22.0. The van der Waals surface area contributed by atoms with E-state index in [0.29, 0.717) is 31.9 Å². The highest BCUT2D eigenvalue weighted by molar-refractivity contribution is 7.89. The number of piperidine rings is 1. The number of hydrogen-bond acceptors (Lipinski definition) is 5. The van der Waals surface area contributed by atoms with Crippen LogP contribution in [0, 0.1) is 0 Å². The SMILES string of the molecule is CC1(C)C(=O)NCCN1CC(=O)Nc1ccc(Cl)c(S(=O)(=O)N2CCCCC2)c1. The summed E-state index contributed by atoms with van der Waals surface area (Å²) < 4.78 is 27.4. The predicted octanol–water partition coefficient (Wildman–Crippen LogP) is 1.66. The second-order valence-electron chi connectivity index (χ2n) is 7.89. The monoisotopic (exact) mass is 442 g/mol. The minimum absolute atomic E-state index is 0.00320. The van der Waals surface area contributed by atoms with Crippen molar-refractivity contribution in [2.75, 3.05) is 38.0 Å². The summed E-state index contributed by atoms with van der Waals surface area (Å²) in [5.41, 5.74) is -0.438. The molecule has 2 amide bonds. The van der Waals surface area contributed by atoms with E-state index in [-0.39, 0.29) is 28.3 Å². The lowest BCUT2D eigenvalue weighted by Crippen LogP contribution is -2.62. The summed E-state index contributed by atoms with van der Waals surface area (Å²) in [5, 5.41) is 5.65. The molecule has 0 aromatic heterocycles. The normalized spacial score (nSPS) is 20.9. The molecule has 1 aromatic carbocycles. The Labute approximate surface area is 176 Å². The third-order valence-corrected chi connectivity index (χ3v) is 7.88. The van der Waals surface area contributed by atoms with Gasteiger partial charge in [-0.05, 0) is 44.9 Å². The maximum Gasteiger partial charge on any atom is 0.244 e. The van der Waals surface area contributed by atoms with Crippen LogP contribution in [0.15, 0.2) is 23.1 Å². The average molecular weight is 443 g/mol. The van der Waals surface area contributed by atoms with Gasteiger partial charge in [0.1, 0.15) is 4.90 Å². The highest BCUT2D eigenvalue weighted by Gasteiger charge is 2.38. The summed E-state index contributed by atoms with van der Waals surface area (Å²) in [6, 6.07) is 4.45. The van der Waals surface area contributed by atoms with Gasteiger partial charge in [0.25, 0.3) is 0 Å². The lowest BCUT2D eigenvalue weighted by molar-refractivity contribution is -0.136. The fourth-order valence-electron chi connectivity index (χ4n) is 3.62. The number of carbonyl (C=O) groups is 2. The molecule has 0 atom stereocenters. The van der Waals surface area contributed by atoms with Crippen LogP contribution >= 0.6 is 11.6 Å². The number of amides is 2. The van der Waals surface area contributed by atoms with Crippen molar-refractivity contribution < 1.29 is 18.0 Å². The number of anilines is 1. The zero-order valence-electron chi connectivity index (χ0n) is 16.7. The first-order valence-corrected chi connectivity index (χ1v) is 11.6. The molecule has 8 nitrogen and oxygen atoms in total. The van der Waals surface area contributed by atoms with Crippen molar-refractivity contribution >= 4 is 39.1 Å².